The van der Waals surface area contributed by atoms with Gasteiger partial charge in [0.15, 0.2) is 6.04 Å². The van der Waals surface area contributed by atoms with Crippen molar-refractivity contribution < 1.29 is 24.6 Å². The number of thiol groups is 1. The molecule has 0 rings (SSSR count). The number of rotatable bonds is 7. The van der Waals surface area contributed by atoms with E-state index < -0.39 is 35.8 Å². The van der Waals surface area contributed by atoms with Gasteiger partial charge in [-0.2, -0.15) is 12.6 Å². The molecule has 0 aromatic carbocycles. The van der Waals surface area contributed by atoms with Crippen LogP contribution in [0.3, 0.4) is 0 Å². The number of aliphatic hydroxyl groups is 1. The number of hydrogen-bond donors (Lipinski definition) is 5. The fourth-order valence-corrected chi connectivity index (χ4v) is 1.44. The van der Waals surface area contributed by atoms with Gasteiger partial charge < -0.3 is 21.3 Å². The number of amides is 2. The third kappa shape index (κ3) is 5.55. The van der Waals surface area contributed by atoms with Gasteiger partial charge in [-0.15, -0.1) is 0 Å². The number of nitrogens with one attached hydrogen (secondary N) is 1. The van der Waals surface area contributed by atoms with Gasteiger partial charge in [-0.05, 0) is 6.92 Å². The van der Waals surface area contributed by atoms with Crippen LogP contribution >= 0.6 is 12.6 Å². The zero-order valence-electron chi connectivity index (χ0n) is 9.29. The Hall–Kier alpha value is -1.28. The fraction of sp³-hybridized carbons (Fsp3) is 0.667. The number of carbonyl (C=O) groups is 3. The minimum absolute atomic E-state index is 0.0565. The van der Waals surface area contributed by atoms with Crippen molar-refractivity contribution in [2.24, 2.45) is 11.7 Å². The number of primary amides is 1. The minimum Gasteiger partial charge on any atom is -0.480 e. The molecule has 0 saturated carbocycles. The molecule has 0 fully saturated rings. The Balaban J connectivity index is 4.57. The quantitative estimate of drug-likeness (QED) is 0.352. The van der Waals surface area contributed by atoms with Crippen LogP contribution < -0.4 is 11.1 Å². The molecule has 0 saturated heterocycles. The second-order valence-corrected chi connectivity index (χ2v) is 3.98. The zero-order chi connectivity index (χ0) is 13.6. The molecule has 2 amide bonds. The van der Waals surface area contributed by atoms with Crippen molar-refractivity contribution in [2.45, 2.75) is 25.5 Å². The van der Waals surface area contributed by atoms with Crippen LogP contribution in [0, 0.1) is 5.92 Å². The van der Waals surface area contributed by atoms with E-state index in [1.807, 2.05) is 0 Å². The number of carbonyl (C=O) groups excluding carboxylic acids is 2. The summed E-state index contributed by atoms with van der Waals surface area (Å²) < 4.78 is 0. The smallest absolute Gasteiger partial charge is 0.328 e. The van der Waals surface area contributed by atoms with Crippen LogP contribution in [-0.2, 0) is 14.4 Å². The molecule has 0 bridgehead atoms. The van der Waals surface area contributed by atoms with Crippen molar-refractivity contribution >= 4 is 30.4 Å². The number of aliphatic carboxylic acids is 1. The molecule has 0 aromatic rings. The Morgan fingerprint density at radius 1 is 1.41 bits per heavy atom. The molecular weight excluding hydrogens is 248 g/mol. The highest BCUT2D eigenvalue weighted by Crippen LogP contribution is 2.06. The molecule has 3 atom stereocenters. The molecule has 0 aliphatic rings. The maximum absolute atomic E-state index is 11.6. The standard InChI is InChI=1S/C9H16N2O5S/c1-4(12)7(9(15)16)11-8(14)5(3-17)2-6(10)13/h4-5,7,12,17H,2-3H2,1H3,(H2,10,13)(H,11,14)(H,15,16)/t4-,5?,7+/m1/s1. The van der Waals surface area contributed by atoms with Gasteiger partial charge in [0, 0.05) is 12.2 Å². The lowest BCUT2D eigenvalue weighted by atomic mass is 10.1. The SMILES string of the molecule is C[C@@H](O)[C@H](NC(=O)C(CS)CC(N)=O)C(=O)O. The van der Waals surface area contributed by atoms with E-state index in [9.17, 15) is 14.4 Å². The van der Waals surface area contributed by atoms with Crippen LogP contribution in [0.2, 0.25) is 0 Å². The topological polar surface area (TPSA) is 130 Å². The van der Waals surface area contributed by atoms with Gasteiger partial charge in [0.05, 0.1) is 12.0 Å². The van der Waals surface area contributed by atoms with Gasteiger partial charge in [-0.1, -0.05) is 0 Å². The lowest BCUT2D eigenvalue weighted by Crippen LogP contribution is -2.50. The van der Waals surface area contributed by atoms with E-state index in [0.29, 0.717) is 0 Å². The number of carboxylic acids is 1. The molecule has 1 unspecified atom stereocenters. The Morgan fingerprint density at radius 2 is 1.94 bits per heavy atom. The summed E-state index contributed by atoms with van der Waals surface area (Å²) in [6.07, 6.45) is -1.47. The summed E-state index contributed by atoms with van der Waals surface area (Å²) in [6.45, 7) is 1.24. The first-order valence-corrected chi connectivity index (χ1v) is 5.53. The molecule has 0 radical (unpaired) electrons. The second-order valence-electron chi connectivity index (χ2n) is 3.62. The molecule has 0 aromatic heterocycles. The van der Waals surface area contributed by atoms with Gasteiger partial charge in [-0.25, -0.2) is 4.79 Å². The Kier molecular flexibility index (Phi) is 6.59. The van der Waals surface area contributed by atoms with Gasteiger partial charge in [0.1, 0.15) is 0 Å². The van der Waals surface area contributed by atoms with E-state index in [-0.39, 0.29) is 12.2 Å². The summed E-state index contributed by atoms with van der Waals surface area (Å²) in [5, 5.41) is 20.0. The van der Waals surface area contributed by atoms with E-state index in [2.05, 4.69) is 17.9 Å². The summed E-state index contributed by atoms with van der Waals surface area (Å²) in [4.78, 5) is 33.0. The summed E-state index contributed by atoms with van der Waals surface area (Å²) in [5.74, 6) is -3.46. The third-order valence-electron chi connectivity index (χ3n) is 2.08. The number of aliphatic hydroxyl groups excluding tert-OH is 1. The molecule has 98 valence electrons. The van der Waals surface area contributed by atoms with Crippen molar-refractivity contribution in [3.8, 4) is 0 Å². The minimum atomic E-state index is -1.42. The predicted octanol–water partition coefficient (Wildman–Crippen LogP) is -1.64. The molecule has 5 N–H and O–H groups in total. The van der Waals surface area contributed by atoms with E-state index >= 15 is 0 Å². The highest BCUT2D eigenvalue weighted by atomic mass is 32.1. The van der Waals surface area contributed by atoms with Crippen LogP contribution in [0.4, 0.5) is 0 Å². The largest absolute Gasteiger partial charge is 0.480 e. The van der Waals surface area contributed by atoms with Gasteiger partial charge in [0.2, 0.25) is 11.8 Å². The summed E-state index contributed by atoms with van der Waals surface area (Å²) in [5.41, 5.74) is 4.94. The number of nitrogens with two attached hydrogens (primary N) is 1. The van der Waals surface area contributed by atoms with Crippen LogP contribution in [0.25, 0.3) is 0 Å². The maximum atomic E-state index is 11.6. The Bertz CT molecular complexity index is 308. The molecule has 0 spiro atoms. The van der Waals surface area contributed by atoms with Crippen LogP contribution in [0.1, 0.15) is 13.3 Å². The monoisotopic (exact) mass is 264 g/mol. The van der Waals surface area contributed by atoms with E-state index in [1.54, 1.807) is 0 Å². The highest BCUT2D eigenvalue weighted by Gasteiger charge is 2.28. The predicted molar refractivity (Wildman–Crippen MR) is 62.4 cm³/mol. The molecule has 0 heterocycles. The summed E-state index contributed by atoms with van der Waals surface area (Å²) in [6, 6.07) is -1.42. The third-order valence-corrected chi connectivity index (χ3v) is 2.53. The van der Waals surface area contributed by atoms with E-state index in [1.165, 1.54) is 6.92 Å². The lowest BCUT2D eigenvalue weighted by molar-refractivity contribution is -0.145. The zero-order valence-corrected chi connectivity index (χ0v) is 10.2. The van der Waals surface area contributed by atoms with Gasteiger partial charge in [0.25, 0.3) is 0 Å². The van der Waals surface area contributed by atoms with Gasteiger partial charge >= 0.3 is 5.97 Å². The fourth-order valence-electron chi connectivity index (χ4n) is 1.14. The van der Waals surface area contributed by atoms with Crippen LogP contribution in [0.5, 0.6) is 0 Å². The van der Waals surface area contributed by atoms with Crippen molar-refractivity contribution in [2.75, 3.05) is 5.75 Å². The normalized spacial score (nSPS) is 15.7. The molecular formula is C9H16N2O5S. The van der Waals surface area contributed by atoms with Crippen molar-refractivity contribution in [1.29, 1.82) is 0 Å². The van der Waals surface area contributed by atoms with Crippen molar-refractivity contribution in [3.63, 3.8) is 0 Å². The molecule has 0 aliphatic carbocycles. The first-order chi connectivity index (χ1) is 7.79. The molecule has 0 aliphatic heterocycles. The highest BCUT2D eigenvalue weighted by molar-refractivity contribution is 7.80. The number of hydrogen-bond acceptors (Lipinski definition) is 5. The van der Waals surface area contributed by atoms with Crippen LogP contribution in [-0.4, -0.2) is 45.9 Å². The summed E-state index contributed by atoms with van der Waals surface area (Å²) >= 11 is 3.88. The van der Waals surface area contributed by atoms with Gasteiger partial charge in [-0.3, -0.25) is 9.59 Å². The van der Waals surface area contributed by atoms with Crippen LogP contribution in [0.15, 0.2) is 0 Å². The molecule has 8 heteroatoms. The maximum Gasteiger partial charge on any atom is 0.328 e. The first-order valence-electron chi connectivity index (χ1n) is 4.90. The van der Waals surface area contributed by atoms with Crippen molar-refractivity contribution in [3.05, 3.63) is 0 Å². The second kappa shape index (κ2) is 7.13. The van der Waals surface area contributed by atoms with E-state index in [0.717, 1.165) is 0 Å². The average Bonchev–Trinajstić information content (AvgIpc) is 2.20. The number of carboxylic acid groups (broad SMARTS) is 1. The summed E-state index contributed by atoms with van der Waals surface area (Å²) in [7, 11) is 0. The molecule has 17 heavy (non-hydrogen) atoms. The average molecular weight is 264 g/mol. The van der Waals surface area contributed by atoms with E-state index in [4.69, 9.17) is 15.9 Å². The lowest BCUT2D eigenvalue weighted by Gasteiger charge is -2.20. The van der Waals surface area contributed by atoms with Crippen molar-refractivity contribution in [1.82, 2.24) is 5.32 Å². The first kappa shape index (κ1) is 15.7. The Labute approximate surface area is 104 Å². The Morgan fingerprint density at radius 3 is 2.24 bits per heavy atom. The molecule has 7 nitrogen and oxygen atoms in total.